The maximum absolute atomic E-state index is 9.24. The predicted octanol–water partition coefficient (Wildman–Crippen LogP) is 0.549. The van der Waals surface area contributed by atoms with Crippen molar-refractivity contribution in [1.29, 1.82) is 0 Å². The first-order chi connectivity index (χ1) is 7.63. The number of rotatable bonds is 6. The lowest BCUT2D eigenvalue weighted by atomic mass is 10.2. The predicted molar refractivity (Wildman–Crippen MR) is 64.2 cm³/mol. The van der Waals surface area contributed by atoms with E-state index in [1.165, 1.54) is 0 Å². The van der Waals surface area contributed by atoms with E-state index in [4.69, 9.17) is 5.73 Å². The molecule has 0 aliphatic carbocycles. The van der Waals surface area contributed by atoms with Gasteiger partial charge < -0.3 is 16.2 Å². The van der Waals surface area contributed by atoms with Gasteiger partial charge in [-0.05, 0) is 13.3 Å². The van der Waals surface area contributed by atoms with Crippen molar-refractivity contribution in [3.8, 4) is 0 Å². The summed E-state index contributed by atoms with van der Waals surface area (Å²) in [4.78, 5) is 8.25. The van der Waals surface area contributed by atoms with Gasteiger partial charge in [-0.3, -0.25) is 0 Å². The number of aliphatic hydroxyl groups excluding tert-OH is 1. The molecule has 5 nitrogen and oxygen atoms in total. The second-order valence-corrected chi connectivity index (χ2v) is 3.93. The maximum atomic E-state index is 9.24. The fourth-order valence-electron chi connectivity index (χ4n) is 1.28. The minimum Gasteiger partial charge on any atom is -0.392 e. The molecule has 0 fully saturated rings. The Labute approximate surface area is 96.1 Å². The van der Waals surface area contributed by atoms with Gasteiger partial charge in [0.2, 0.25) is 0 Å². The van der Waals surface area contributed by atoms with Crippen LogP contribution in [0, 0.1) is 0 Å². The van der Waals surface area contributed by atoms with Crippen LogP contribution in [-0.4, -0.2) is 33.8 Å². The number of nitrogens with zero attached hydrogens (tertiary/aromatic N) is 2. The molecule has 0 aliphatic heterocycles. The summed E-state index contributed by atoms with van der Waals surface area (Å²) in [6, 6.07) is 1.63. The standard InChI is InChI=1S/C11H20N4O/c1-3-4-9-5-11(15-7-14-9)13-6-10(12)8(2)16/h5,7-8,10,16H,3-4,6,12H2,1-2H3,(H,13,14,15). The molecule has 0 aliphatic rings. The topological polar surface area (TPSA) is 84.1 Å². The van der Waals surface area contributed by atoms with Crippen molar-refractivity contribution >= 4 is 5.82 Å². The average molecular weight is 224 g/mol. The molecule has 0 spiro atoms. The molecule has 90 valence electrons. The van der Waals surface area contributed by atoms with E-state index in [1.807, 2.05) is 6.07 Å². The molecule has 4 N–H and O–H groups in total. The Balaban J connectivity index is 2.50. The van der Waals surface area contributed by atoms with Crippen molar-refractivity contribution in [2.24, 2.45) is 5.73 Å². The molecule has 1 aromatic heterocycles. The number of hydrogen-bond donors (Lipinski definition) is 3. The molecule has 0 bridgehead atoms. The van der Waals surface area contributed by atoms with Crippen LogP contribution in [0.15, 0.2) is 12.4 Å². The number of aliphatic hydroxyl groups is 1. The fourth-order valence-corrected chi connectivity index (χ4v) is 1.28. The summed E-state index contributed by atoms with van der Waals surface area (Å²) >= 11 is 0. The van der Waals surface area contributed by atoms with Gasteiger partial charge in [0, 0.05) is 24.3 Å². The summed E-state index contributed by atoms with van der Waals surface area (Å²) < 4.78 is 0. The van der Waals surface area contributed by atoms with Gasteiger partial charge in [0.25, 0.3) is 0 Å². The van der Waals surface area contributed by atoms with E-state index in [9.17, 15) is 5.11 Å². The van der Waals surface area contributed by atoms with Crippen molar-refractivity contribution in [1.82, 2.24) is 9.97 Å². The van der Waals surface area contributed by atoms with Crippen LogP contribution in [0.25, 0.3) is 0 Å². The molecular weight excluding hydrogens is 204 g/mol. The van der Waals surface area contributed by atoms with Crippen molar-refractivity contribution < 1.29 is 5.11 Å². The molecule has 0 amide bonds. The normalized spacial score (nSPS) is 14.5. The number of aromatic nitrogens is 2. The van der Waals surface area contributed by atoms with E-state index >= 15 is 0 Å². The monoisotopic (exact) mass is 224 g/mol. The number of nitrogens with two attached hydrogens (primary N) is 1. The lowest BCUT2D eigenvalue weighted by Gasteiger charge is -2.15. The molecule has 0 saturated heterocycles. The molecule has 0 aromatic carbocycles. The van der Waals surface area contributed by atoms with Gasteiger partial charge in [-0.2, -0.15) is 0 Å². The van der Waals surface area contributed by atoms with Crippen LogP contribution in [0.1, 0.15) is 26.0 Å². The first-order valence-corrected chi connectivity index (χ1v) is 5.62. The summed E-state index contributed by atoms with van der Waals surface area (Å²) in [5.74, 6) is 0.759. The van der Waals surface area contributed by atoms with Crippen molar-refractivity contribution in [2.45, 2.75) is 38.8 Å². The van der Waals surface area contributed by atoms with Crippen molar-refractivity contribution in [3.05, 3.63) is 18.1 Å². The zero-order chi connectivity index (χ0) is 12.0. The van der Waals surface area contributed by atoms with Gasteiger partial charge in [-0.15, -0.1) is 0 Å². The van der Waals surface area contributed by atoms with Gasteiger partial charge in [0.1, 0.15) is 12.1 Å². The van der Waals surface area contributed by atoms with Crippen molar-refractivity contribution in [2.75, 3.05) is 11.9 Å². The molecule has 0 saturated carbocycles. The van der Waals surface area contributed by atoms with E-state index in [-0.39, 0.29) is 6.04 Å². The molecule has 1 aromatic rings. The molecule has 0 radical (unpaired) electrons. The lowest BCUT2D eigenvalue weighted by Crippen LogP contribution is -2.38. The second kappa shape index (κ2) is 6.40. The molecular formula is C11H20N4O. The van der Waals surface area contributed by atoms with Crippen LogP contribution in [-0.2, 0) is 6.42 Å². The third-order valence-corrected chi connectivity index (χ3v) is 2.37. The largest absolute Gasteiger partial charge is 0.392 e. The number of hydrogen-bond acceptors (Lipinski definition) is 5. The van der Waals surface area contributed by atoms with Gasteiger partial charge >= 0.3 is 0 Å². The Morgan fingerprint density at radius 2 is 2.25 bits per heavy atom. The van der Waals surface area contributed by atoms with E-state index in [0.717, 1.165) is 24.4 Å². The third-order valence-electron chi connectivity index (χ3n) is 2.37. The highest BCUT2D eigenvalue weighted by Crippen LogP contribution is 2.06. The van der Waals surface area contributed by atoms with Crippen LogP contribution in [0.5, 0.6) is 0 Å². The van der Waals surface area contributed by atoms with Gasteiger partial charge in [0.15, 0.2) is 0 Å². The van der Waals surface area contributed by atoms with E-state index in [2.05, 4.69) is 22.2 Å². The van der Waals surface area contributed by atoms with E-state index in [1.54, 1.807) is 13.3 Å². The summed E-state index contributed by atoms with van der Waals surface area (Å²) in [5, 5.41) is 12.3. The highest BCUT2D eigenvalue weighted by atomic mass is 16.3. The minimum atomic E-state index is -0.524. The molecule has 2 atom stereocenters. The van der Waals surface area contributed by atoms with Crippen LogP contribution < -0.4 is 11.1 Å². The lowest BCUT2D eigenvalue weighted by molar-refractivity contribution is 0.168. The maximum Gasteiger partial charge on any atom is 0.129 e. The highest BCUT2D eigenvalue weighted by Gasteiger charge is 2.08. The summed E-state index contributed by atoms with van der Waals surface area (Å²) in [6.07, 6.45) is 3.02. The zero-order valence-corrected chi connectivity index (χ0v) is 9.85. The Hall–Kier alpha value is -1.20. The Morgan fingerprint density at radius 3 is 2.88 bits per heavy atom. The SMILES string of the molecule is CCCc1cc(NCC(N)C(C)O)ncn1. The van der Waals surface area contributed by atoms with Crippen LogP contribution in [0.3, 0.4) is 0 Å². The zero-order valence-electron chi connectivity index (χ0n) is 9.85. The summed E-state index contributed by atoms with van der Waals surface area (Å²) in [6.45, 7) is 4.29. The van der Waals surface area contributed by atoms with Crippen molar-refractivity contribution in [3.63, 3.8) is 0 Å². The molecule has 2 unspecified atom stereocenters. The summed E-state index contributed by atoms with van der Waals surface area (Å²) in [7, 11) is 0. The number of nitrogens with one attached hydrogen (secondary N) is 1. The summed E-state index contributed by atoms with van der Waals surface area (Å²) in [5.41, 5.74) is 6.72. The van der Waals surface area contributed by atoms with Gasteiger partial charge in [0.05, 0.1) is 6.10 Å². The minimum absolute atomic E-state index is 0.287. The van der Waals surface area contributed by atoms with E-state index < -0.39 is 6.10 Å². The average Bonchev–Trinajstić information content (AvgIpc) is 2.26. The quantitative estimate of drug-likeness (QED) is 0.657. The number of aryl methyl sites for hydroxylation is 1. The molecule has 1 heterocycles. The second-order valence-electron chi connectivity index (χ2n) is 3.93. The fraction of sp³-hybridized carbons (Fsp3) is 0.636. The first-order valence-electron chi connectivity index (χ1n) is 5.62. The molecule has 5 heteroatoms. The Morgan fingerprint density at radius 1 is 1.50 bits per heavy atom. The Kier molecular flexibility index (Phi) is 5.14. The van der Waals surface area contributed by atoms with Crippen LogP contribution >= 0.6 is 0 Å². The smallest absolute Gasteiger partial charge is 0.129 e. The number of anilines is 1. The van der Waals surface area contributed by atoms with Gasteiger partial charge in [-0.25, -0.2) is 9.97 Å². The van der Waals surface area contributed by atoms with E-state index in [0.29, 0.717) is 6.54 Å². The molecule has 16 heavy (non-hydrogen) atoms. The Bertz CT molecular complexity index is 317. The highest BCUT2D eigenvalue weighted by molar-refractivity contribution is 5.35. The van der Waals surface area contributed by atoms with Crippen LogP contribution in [0.4, 0.5) is 5.82 Å². The first kappa shape index (κ1) is 12.9. The third kappa shape index (κ3) is 4.12. The van der Waals surface area contributed by atoms with Gasteiger partial charge in [-0.1, -0.05) is 13.3 Å². The van der Waals surface area contributed by atoms with Crippen LogP contribution in [0.2, 0.25) is 0 Å². The molecule has 1 rings (SSSR count).